The van der Waals surface area contributed by atoms with Crippen LogP contribution in [0.5, 0.6) is 0 Å². The van der Waals surface area contributed by atoms with Crippen LogP contribution in [0.1, 0.15) is 78.6 Å². The Hall–Kier alpha value is -0.700. The highest BCUT2D eigenvalue weighted by Crippen LogP contribution is 2.68. The van der Waals surface area contributed by atoms with Crippen molar-refractivity contribution in [2.45, 2.75) is 84.2 Å². The molecule has 0 amide bonds. The van der Waals surface area contributed by atoms with Crippen molar-refractivity contribution in [2.24, 2.45) is 34.5 Å². The molecule has 4 aliphatic rings. The summed E-state index contributed by atoms with van der Waals surface area (Å²) in [5.74, 6) is 2.07. The summed E-state index contributed by atoms with van der Waals surface area (Å²) < 4.78 is 0. The summed E-state index contributed by atoms with van der Waals surface area (Å²) in [4.78, 5) is 24.1. The molecule has 0 radical (unpaired) electrons. The normalized spacial score (nSPS) is 53.9. The standard InChI is InChI=1S/C21H32O3/c1-13(22)16-8-11-21(24)18-5-4-14-12-15(23)6-9-19(14,2)17(18)7-10-20(16,21)3/h14,16-18,24H,4-12H2,1-3H3/t14-,16+,17-,18+,19-,20+,21+/m0/s1. The van der Waals surface area contributed by atoms with Crippen LogP contribution in [0.4, 0.5) is 0 Å². The van der Waals surface area contributed by atoms with Crippen molar-refractivity contribution in [1.82, 2.24) is 0 Å². The lowest BCUT2D eigenvalue weighted by atomic mass is 9.43. The maximum Gasteiger partial charge on any atom is 0.133 e. The molecule has 134 valence electrons. The monoisotopic (exact) mass is 332 g/mol. The van der Waals surface area contributed by atoms with E-state index in [0.717, 1.165) is 57.8 Å². The lowest BCUT2D eigenvalue weighted by molar-refractivity contribution is -0.205. The van der Waals surface area contributed by atoms with Crippen LogP contribution in [-0.4, -0.2) is 22.3 Å². The van der Waals surface area contributed by atoms with Gasteiger partial charge in [-0.3, -0.25) is 9.59 Å². The SMILES string of the molecule is CC(=O)[C@H]1CC[C@@]2(O)[C@@H]3CC[C@H]4CC(=O)CC[C@]4(C)[C@H]3CC[C@]12C. The Morgan fingerprint density at radius 3 is 2.50 bits per heavy atom. The van der Waals surface area contributed by atoms with E-state index in [-0.39, 0.29) is 22.5 Å². The quantitative estimate of drug-likeness (QED) is 0.792. The molecular weight excluding hydrogens is 300 g/mol. The number of carbonyl (C=O) groups is 2. The minimum Gasteiger partial charge on any atom is -0.389 e. The van der Waals surface area contributed by atoms with Gasteiger partial charge in [-0.05, 0) is 75.0 Å². The van der Waals surface area contributed by atoms with Gasteiger partial charge in [0.15, 0.2) is 0 Å². The molecular formula is C21H32O3. The molecule has 0 aromatic heterocycles. The van der Waals surface area contributed by atoms with E-state index in [2.05, 4.69) is 13.8 Å². The zero-order chi connectivity index (χ0) is 17.3. The number of fused-ring (bicyclic) bond motifs is 5. The van der Waals surface area contributed by atoms with Crippen LogP contribution in [0.25, 0.3) is 0 Å². The molecule has 4 rings (SSSR count). The fourth-order valence-corrected chi connectivity index (χ4v) is 7.66. The fraction of sp³-hybridized carbons (Fsp3) is 0.905. The van der Waals surface area contributed by atoms with Gasteiger partial charge < -0.3 is 5.11 Å². The second-order valence-electron chi connectivity index (χ2n) is 9.82. The molecule has 0 heterocycles. The zero-order valence-corrected chi connectivity index (χ0v) is 15.4. The van der Waals surface area contributed by atoms with Crippen molar-refractivity contribution >= 4 is 11.6 Å². The van der Waals surface area contributed by atoms with Gasteiger partial charge in [0, 0.05) is 24.2 Å². The fourth-order valence-electron chi connectivity index (χ4n) is 7.66. The third-order valence-electron chi connectivity index (χ3n) is 9.16. The minimum absolute atomic E-state index is 0.0295. The maximum atomic E-state index is 12.2. The molecule has 4 saturated carbocycles. The van der Waals surface area contributed by atoms with Crippen LogP contribution in [0.3, 0.4) is 0 Å². The summed E-state index contributed by atoms with van der Waals surface area (Å²) in [6, 6.07) is 0. The van der Waals surface area contributed by atoms with E-state index >= 15 is 0 Å². The van der Waals surface area contributed by atoms with Gasteiger partial charge in [-0.15, -0.1) is 0 Å². The second kappa shape index (κ2) is 5.16. The van der Waals surface area contributed by atoms with Crippen LogP contribution < -0.4 is 0 Å². The average molecular weight is 332 g/mol. The summed E-state index contributed by atoms with van der Waals surface area (Å²) in [6.45, 7) is 6.28. The molecule has 4 fully saturated rings. The van der Waals surface area contributed by atoms with Gasteiger partial charge in [0.05, 0.1) is 5.60 Å². The summed E-state index contributed by atoms with van der Waals surface area (Å²) in [5.41, 5.74) is -0.711. The molecule has 0 aromatic rings. The Kier molecular flexibility index (Phi) is 3.60. The van der Waals surface area contributed by atoms with Gasteiger partial charge in [-0.1, -0.05) is 13.8 Å². The molecule has 7 atom stereocenters. The largest absolute Gasteiger partial charge is 0.389 e. The van der Waals surface area contributed by atoms with Gasteiger partial charge in [0.1, 0.15) is 11.6 Å². The summed E-state index contributed by atoms with van der Waals surface area (Å²) in [5, 5.41) is 11.8. The number of ketones is 2. The van der Waals surface area contributed by atoms with E-state index in [0.29, 0.717) is 23.5 Å². The van der Waals surface area contributed by atoms with Crippen LogP contribution in [0.15, 0.2) is 0 Å². The first-order chi connectivity index (χ1) is 11.2. The van der Waals surface area contributed by atoms with E-state index in [1.54, 1.807) is 6.92 Å². The van der Waals surface area contributed by atoms with Gasteiger partial charge in [0.25, 0.3) is 0 Å². The molecule has 0 saturated heterocycles. The summed E-state index contributed by atoms with van der Waals surface area (Å²) >= 11 is 0. The summed E-state index contributed by atoms with van der Waals surface area (Å²) in [6.07, 6.45) is 8.31. The van der Waals surface area contributed by atoms with E-state index < -0.39 is 5.60 Å². The summed E-state index contributed by atoms with van der Waals surface area (Å²) in [7, 11) is 0. The van der Waals surface area contributed by atoms with Crippen molar-refractivity contribution in [3.63, 3.8) is 0 Å². The number of aliphatic hydroxyl groups is 1. The van der Waals surface area contributed by atoms with Gasteiger partial charge >= 0.3 is 0 Å². The predicted molar refractivity (Wildman–Crippen MR) is 92.4 cm³/mol. The molecule has 0 aromatic carbocycles. The first-order valence-corrected chi connectivity index (χ1v) is 9.97. The molecule has 0 aliphatic heterocycles. The smallest absolute Gasteiger partial charge is 0.133 e. The molecule has 0 spiro atoms. The third-order valence-corrected chi connectivity index (χ3v) is 9.16. The van der Waals surface area contributed by atoms with Gasteiger partial charge in [-0.2, -0.15) is 0 Å². The first-order valence-electron chi connectivity index (χ1n) is 9.97. The van der Waals surface area contributed by atoms with Crippen molar-refractivity contribution in [1.29, 1.82) is 0 Å². The first kappa shape index (κ1) is 16.8. The molecule has 0 bridgehead atoms. The predicted octanol–water partition coefficient (Wildman–Crippen LogP) is 3.92. The Balaban J connectivity index is 1.69. The molecule has 4 aliphatic carbocycles. The van der Waals surface area contributed by atoms with Crippen molar-refractivity contribution < 1.29 is 14.7 Å². The highest BCUT2D eigenvalue weighted by molar-refractivity contribution is 5.80. The Morgan fingerprint density at radius 2 is 1.79 bits per heavy atom. The maximum absolute atomic E-state index is 12.2. The Bertz CT molecular complexity index is 584. The molecule has 1 N–H and O–H groups in total. The zero-order valence-electron chi connectivity index (χ0n) is 15.4. The average Bonchev–Trinajstić information content (AvgIpc) is 2.80. The van der Waals surface area contributed by atoms with Gasteiger partial charge in [0.2, 0.25) is 0 Å². The Labute approximate surface area is 145 Å². The van der Waals surface area contributed by atoms with Crippen LogP contribution in [0.2, 0.25) is 0 Å². The van der Waals surface area contributed by atoms with Crippen LogP contribution in [-0.2, 0) is 9.59 Å². The van der Waals surface area contributed by atoms with E-state index in [9.17, 15) is 14.7 Å². The minimum atomic E-state index is -0.679. The second-order valence-corrected chi connectivity index (χ2v) is 9.82. The van der Waals surface area contributed by atoms with Crippen molar-refractivity contribution in [2.75, 3.05) is 0 Å². The Morgan fingerprint density at radius 1 is 1.04 bits per heavy atom. The van der Waals surface area contributed by atoms with Gasteiger partial charge in [-0.25, -0.2) is 0 Å². The molecule has 24 heavy (non-hydrogen) atoms. The topological polar surface area (TPSA) is 54.4 Å². The van der Waals surface area contributed by atoms with Crippen molar-refractivity contribution in [3.8, 4) is 0 Å². The molecule has 0 unspecified atom stereocenters. The molecule has 3 nitrogen and oxygen atoms in total. The lowest BCUT2D eigenvalue weighted by Gasteiger charge is -2.63. The number of hydrogen-bond acceptors (Lipinski definition) is 3. The molecule has 3 heteroatoms. The van der Waals surface area contributed by atoms with E-state index in [1.165, 1.54) is 0 Å². The van der Waals surface area contributed by atoms with E-state index in [4.69, 9.17) is 0 Å². The highest BCUT2D eigenvalue weighted by atomic mass is 16.3. The van der Waals surface area contributed by atoms with E-state index in [1.807, 2.05) is 0 Å². The number of hydrogen-bond donors (Lipinski definition) is 1. The lowest BCUT2D eigenvalue weighted by Crippen LogP contribution is -2.62. The number of carbonyl (C=O) groups excluding carboxylic acids is 2. The van der Waals surface area contributed by atoms with Crippen molar-refractivity contribution in [3.05, 3.63) is 0 Å². The number of Topliss-reactive ketones (excluding diaryl/α,β-unsaturated/α-hetero) is 2. The van der Waals surface area contributed by atoms with Crippen LogP contribution >= 0.6 is 0 Å². The number of rotatable bonds is 1. The van der Waals surface area contributed by atoms with Crippen LogP contribution in [0, 0.1) is 34.5 Å². The highest BCUT2D eigenvalue weighted by Gasteiger charge is 2.67. The third kappa shape index (κ3) is 1.94.